The maximum Gasteiger partial charge on any atom is 0.0798 e. The summed E-state index contributed by atoms with van der Waals surface area (Å²) in [6, 6.07) is 0.362. The zero-order valence-corrected chi connectivity index (χ0v) is 16.0. The van der Waals surface area contributed by atoms with Crippen molar-refractivity contribution in [1.29, 1.82) is 0 Å². The van der Waals surface area contributed by atoms with Crippen LogP contribution in [0.3, 0.4) is 0 Å². The summed E-state index contributed by atoms with van der Waals surface area (Å²) < 4.78 is 16.8. The zero-order valence-electron chi connectivity index (χ0n) is 11.8. The first-order valence-corrected chi connectivity index (χ1v) is 5.93. The predicted molar refractivity (Wildman–Crippen MR) is 60.2 cm³/mol. The molecule has 2 saturated heterocycles. The number of rotatable bonds is 0. The molecule has 0 aromatic carbocycles. The summed E-state index contributed by atoms with van der Waals surface area (Å²) in [5.41, 5.74) is 0. The normalized spacial score (nSPS) is 39.5. The van der Waals surface area contributed by atoms with Crippen molar-refractivity contribution in [3.8, 4) is 0 Å². The van der Waals surface area contributed by atoms with E-state index in [2.05, 4.69) is 32.3 Å². The van der Waals surface area contributed by atoms with Gasteiger partial charge in [0.25, 0.3) is 0 Å². The molecule has 7 heteroatoms. The first kappa shape index (κ1) is 22.9. The second kappa shape index (κ2) is 10.3. The summed E-state index contributed by atoms with van der Waals surface area (Å²) >= 11 is 0. The molecular formula is C12H21NO3V3-2. The first-order valence-electron chi connectivity index (χ1n) is 5.93. The largest absolute Gasteiger partial charge is 0.547 e. The van der Waals surface area contributed by atoms with E-state index in [0.29, 0.717) is 6.04 Å². The summed E-state index contributed by atoms with van der Waals surface area (Å²) in [5.74, 6) is 0. The van der Waals surface area contributed by atoms with Gasteiger partial charge in [0.2, 0.25) is 0 Å². The molecule has 0 aliphatic carbocycles. The molecule has 0 spiro atoms. The third-order valence-corrected chi connectivity index (χ3v) is 3.31. The van der Waals surface area contributed by atoms with Gasteiger partial charge in [-0.1, -0.05) is 19.8 Å². The molecule has 0 amide bonds. The van der Waals surface area contributed by atoms with Crippen LogP contribution in [0.15, 0.2) is 0 Å². The van der Waals surface area contributed by atoms with Crippen molar-refractivity contribution < 1.29 is 69.9 Å². The molecule has 0 aromatic heterocycles. The minimum atomic E-state index is 0. The molecule has 3 radical (unpaired) electrons. The van der Waals surface area contributed by atoms with Crippen LogP contribution in [-0.4, -0.2) is 42.4 Å². The molecular weight excluding hydrogens is 359 g/mol. The van der Waals surface area contributed by atoms with E-state index < -0.39 is 0 Å². The van der Waals surface area contributed by atoms with E-state index in [0.717, 1.165) is 6.42 Å². The monoisotopic (exact) mass is 380 g/mol. The third kappa shape index (κ3) is 6.08. The van der Waals surface area contributed by atoms with Crippen molar-refractivity contribution in [3.63, 3.8) is 0 Å². The van der Waals surface area contributed by atoms with E-state index in [-0.39, 0.29) is 80.1 Å². The molecule has 5 atom stereocenters. The van der Waals surface area contributed by atoms with E-state index in [1.807, 2.05) is 6.92 Å². The summed E-state index contributed by atoms with van der Waals surface area (Å²) in [6.45, 7) is 9.73. The fourth-order valence-corrected chi connectivity index (χ4v) is 2.55. The molecule has 5 unspecified atom stereocenters. The first-order chi connectivity index (χ1) is 7.58. The Balaban J connectivity index is 0. The minimum absolute atomic E-state index is 0. The van der Waals surface area contributed by atoms with Crippen molar-refractivity contribution in [2.45, 2.75) is 57.6 Å². The van der Waals surface area contributed by atoms with Gasteiger partial charge in [0.1, 0.15) is 0 Å². The fraction of sp³-hybridized carbons (Fsp3) is 0.833. The molecule has 2 aliphatic heterocycles. The number of likely N-dealkylation sites (N-methyl/N-ethyl adjacent to an activating group) is 1. The van der Waals surface area contributed by atoms with Crippen LogP contribution in [0.1, 0.15) is 27.2 Å². The van der Waals surface area contributed by atoms with Crippen LogP contribution in [0.25, 0.3) is 0 Å². The van der Waals surface area contributed by atoms with Gasteiger partial charge in [-0.05, 0) is 27.3 Å². The maximum absolute atomic E-state index is 5.79. The molecule has 2 fully saturated rings. The van der Waals surface area contributed by atoms with E-state index in [1.54, 1.807) is 0 Å². The van der Waals surface area contributed by atoms with E-state index in [1.165, 1.54) is 6.79 Å². The Bertz CT molecular complexity index is 248. The van der Waals surface area contributed by atoms with Crippen LogP contribution in [0.4, 0.5) is 0 Å². The maximum atomic E-state index is 5.79. The van der Waals surface area contributed by atoms with Crippen molar-refractivity contribution in [2.24, 2.45) is 0 Å². The molecule has 0 aromatic rings. The standard InChI is InChI=1S/C12H21NO3.3V/c1-8-5-11-12(10(3)16-8)15-7-14-9(2)6-13(11)4;;;/h6-12H,5H2,1-4H3;;;/q-2;;;. The Labute approximate surface area is 152 Å². The second-order valence-corrected chi connectivity index (χ2v) is 4.81. The van der Waals surface area contributed by atoms with Crippen LogP contribution in [0.2, 0.25) is 0 Å². The molecule has 109 valence electrons. The third-order valence-electron chi connectivity index (χ3n) is 3.31. The Kier molecular flexibility index (Phi) is 12.4. The Hall–Kier alpha value is 1.59. The van der Waals surface area contributed by atoms with Gasteiger partial charge < -0.3 is 19.1 Å². The summed E-state index contributed by atoms with van der Waals surface area (Å²) in [4.78, 5) is 2.21. The van der Waals surface area contributed by atoms with Crippen LogP contribution >= 0.6 is 0 Å². The molecule has 19 heavy (non-hydrogen) atoms. The predicted octanol–water partition coefficient (Wildman–Crippen LogP) is 1.56. The number of fused-ring (bicyclic) bond motifs is 1. The van der Waals surface area contributed by atoms with E-state index in [9.17, 15) is 0 Å². The van der Waals surface area contributed by atoms with Crippen LogP contribution < -0.4 is 0 Å². The molecule has 2 aliphatic rings. The van der Waals surface area contributed by atoms with Gasteiger partial charge in [-0.2, -0.15) is 0 Å². The van der Waals surface area contributed by atoms with Crippen molar-refractivity contribution >= 4 is 0 Å². The van der Waals surface area contributed by atoms with Gasteiger partial charge in [-0.25, -0.2) is 6.54 Å². The molecule has 0 saturated carbocycles. The molecule has 0 bridgehead atoms. The SMILES string of the molecule is CC1[CH-]N(C)C2CC(C)OC(C)C2O[CH-]O1.[V].[V].[V]. The average Bonchev–Trinajstić information content (AvgIpc) is 2.18. The summed E-state index contributed by atoms with van der Waals surface area (Å²) in [5, 5.41) is 0. The molecule has 2 heterocycles. The number of ether oxygens (including phenoxy) is 3. The summed E-state index contributed by atoms with van der Waals surface area (Å²) in [6.07, 6.45) is 1.47. The Morgan fingerprint density at radius 1 is 1.05 bits per heavy atom. The van der Waals surface area contributed by atoms with Gasteiger partial charge in [0.05, 0.1) is 18.3 Å². The van der Waals surface area contributed by atoms with Crippen LogP contribution in [0, 0.1) is 13.3 Å². The number of hydrogen-bond acceptors (Lipinski definition) is 4. The average molecular weight is 380 g/mol. The van der Waals surface area contributed by atoms with E-state index >= 15 is 0 Å². The van der Waals surface area contributed by atoms with Gasteiger partial charge in [0, 0.05) is 61.7 Å². The molecule has 2 rings (SSSR count). The van der Waals surface area contributed by atoms with Crippen molar-refractivity contribution in [1.82, 2.24) is 4.90 Å². The minimum Gasteiger partial charge on any atom is -0.547 e. The summed E-state index contributed by atoms with van der Waals surface area (Å²) in [7, 11) is 2.08. The van der Waals surface area contributed by atoms with Gasteiger partial charge in [-0.3, -0.25) is 0 Å². The van der Waals surface area contributed by atoms with Crippen LogP contribution in [-0.2, 0) is 69.9 Å². The van der Waals surface area contributed by atoms with Gasteiger partial charge >= 0.3 is 0 Å². The quantitative estimate of drug-likeness (QED) is 0.597. The van der Waals surface area contributed by atoms with Gasteiger partial charge in [0.15, 0.2) is 0 Å². The van der Waals surface area contributed by atoms with E-state index in [4.69, 9.17) is 14.2 Å². The number of nitrogens with zero attached hydrogens (tertiary/aromatic N) is 1. The Morgan fingerprint density at radius 2 is 1.68 bits per heavy atom. The van der Waals surface area contributed by atoms with Crippen LogP contribution in [0.5, 0.6) is 0 Å². The number of hydrogen-bond donors (Lipinski definition) is 0. The Morgan fingerprint density at radius 3 is 2.32 bits per heavy atom. The molecule has 4 nitrogen and oxygen atoms in total. The van der Waals surface area contributed by atoms with Crippen molar-refractivity contribution in [2.75, 3.05) is 7.05 Å². The topological polar surface area (TPSA) is 30.9 Å². The zero-order chi connectivity index (χ0) is 11.7. The second-order valence-electron chi connectivity index (χ2n) is 4.81. The van der Waals surface area contributed by atoms with Gasteiger partial charge in [-0.15, -0.1) is 0 Å². The smallest absolute Gasteiger partial charge is 0.0798 e. The molecule has 0 N–H and O–H groups in total. The fourth-order valence-electron chi connectivity index (χ4n) is 2.55. The van der Waals surface area contributed by atoms with Crippen molar-refractivity contribution in [3.05, 3.63) is 13.3 Å².